The molecule has 5 rings (SSSR count). The van der Waals surface area contributed by atoms with Crippen LogP contribution in [-0.2, 0) is 11.4 Å². The van der Waals surface area contributed by atoms with Crippen molar-refractivity contribution in [2.75, 3.05) is 11.9 Å². The number of fused-ring (bicyclic) bond motifs is 1. The van der Waals surface area contributed by atoms with Gasteiger partial charge in [-0.05, 0) is 71.1 Å². The van der Waals surface area contributed by atoms with Gasteiger partial charge in [0.2, 0.25) is 5.95 Å². The highest BCUT2D eigenvalue weighted by molar-refractivity contribution is 9.10. The summed E-state index contributed by atoms with van der Waals surface area (Å²) in [6.45, 7) is 2.64. The first-order valence-electron chi connectivity index (χ1n) is 10.9. The number of benzene rings is 2. The Labute approximate surface area is 215 Å². The standard InChI is InChI=1S/C24H21BrCl2N4O3/c1-2-33-20-10-14(9-15(25)23(20)34-11-13-6-7-16(26)17(27)8-13)22-21-18(4-3-5-19(21)32)30-24-28-12-29-31(22)24/h6-10,12,22H,2-5,11H2,1H3,(H,28,29,30). The lowest BCUT2D eigenvalue weighted by atomic mass is 9.85. The van der Waals surface area contributed by atoms with Gasteiger partial charge in [0.1, 0.15) is 19.0 Å². The van der Waals surface area contributed by atoms with Crippen LogP contribution >= 0.6 is 39.1 Å². The number of anilines is 1. The fourth-order valence-corrected chi connectivity index (χ4v) is 5.23. The largest absolute Gasteiger partial charge is 0.490 e. The maximum absolute atomic E-state index is 13.0. The topological polar surface area (TPSA) is 78.3 Å². The molecule has 1 aliphatic carbocycles. The number of rotatable bonds is 6. The second kappa shape index (κ2) is 9.60. The summed E-state index contributed by atoms with van der Waals surface area (Å²) in [7, 11) is 0. The lowest BCUT2D eigenvalue weighted by molar-refractivity contribution is -0.116. The Morgan fingerprint density at radius 2 is 2.03 bits per heavy atom. The first kappa shape index (κ1) is 23.2. The van der Waals surface area contributed by atoms with Gasteiger partial charge >= 0.3 is 0 Å². The lowest BCUT2D eigenvalue weighted by Gasteiger charge is -2.32. The number of hydrogen-bond donors (Lipinski definition) is 1. The van der Waals surface area contributed by atoms with E-state index in [9.17, 15) is 4.79 Å². The van der Waals surface area contributed by atoms with Crippen LogP contribution in [-0.4, -0.2) is 27.2 Å². The fourth-order valence-electron chi connectivity index (χ4n) is 4.34. The summed E-state index contributed by atoms with van der Waals surface area (Å²) in [5, 5.41) is 8.65. The number of halogens is 3. The van der Waals surface area contributed by atoms with Crippen LogP contribution in [0.4, 0.5) is 5.95 Å². The monoisotopic (exact) mass is 562 g/mol. The quantitative estimate of drug-likeness (QED) is 0.376. The Bertz CT molecular complexity index is 1310. The molecule has 0 fully saturated rings. The fraction of sp³-hybridized carbons (Fsp3) is 0.292. The van der Waals surface area contributed by atoms with Crippen molar-refractivity contribution < 1.29 is 14.3 Å². The van der Waals surface area contributed by atoms with Crippen molar-refractivity contribution in [1.29, 1.82) is 0 Å². The second-order valence-electron chi connectivity index (χ2n) is 8.02. The van der Waals surface area contributed by atoms with E-state index in [1.54, 1.807) is 16.8 Å². The molecule has 0 saturated heterocycles. The van der Waals surface area contributed by atoms with Crippen molar-refractivity contribution in [3.8, 4) is 11.5 Å². The van der Waals surface area contributed by atoms with Crippen LogP contribution < -0.4 is 14.8 Å². The van der Waals surface area contributed by atoms with Crippen molar-refractivity contribution in [2.24, 2.45) is 0 Å². The number of ketones is 1. The Balaban J connectivity index is 1.53. The first-order valence-corrected chi connectivity index (χ1v) is 12.5. The van der Waals surface area contributed by atoms with Gasteiger partial charge in [-0.1, -0.05) is 29.3 Å². The molecule has 0 amide bonds. The third-order valence-electron chi connectivity index (χ3n) is 5.82. The smallest absolute Gasteiger partial charge is 0.226 e. The molecule has 0 radical (unpaired) electrons. The van der Waals surface area contributed by atoms with Crippen LogP contribution in [0, 0.1) is 0 Å². The third-order valence-corrected chi connectivity index (χ3v) is 7.15. The number of hydrogen-bond acceptors (Lipinski definition) is 6. The minimum Gasteiger partial charge on any atom is -0.490 e. The molecular weight excluding hydrogens is 543 g/mol. The minimum atomic E-state index is -0.402. The van der Waals surface area contributed by atoms with E-state index in [1.165, 1.54) is 6.33 Å². The molecule has 0 saturated carbocycles. The second-order valence-corrected chi connectivity index (χ2v) is 9.69. The van der Waals surface area contributed by atoms with Gasteiger partial charge in [-0.25, -0.2) is 4.68 Å². The Morgan fingerprint density at radius 1 is 1.18 bits per heavy atom. The molecule has 34 heavy (non-hydrogen) atoms. The maximum atomic E-state index is 13.0. The van der Waals surface area contributed by atoms with Crippen LogP contribution in [0.2, 0.25) is 10.0 Å². The SMILES string of the molecule is CCOc1cc(C2C3=C(CCCC3=O)Nc3ncnn32)cc(Br)c1OCc1ccc(Cl)c(Cl)c1. The number of carbonyl (C=O) groups excluding carboxylic acids is 1. The summed E-state index contributed by atoms with van der Waals surface area (Å²) in [5.74, 6) is 1.87. The maximum Gasteiger partial charge on any atom is 0.226 e. The summed E-state index contributed by atoms with van der Waals surface area (Å²) >= 11 is 15.8. The predicted molar refractivity (Wildman–Crippen MR) is 134 cm³/mol. The predicted octanol–water partition coefficient (Wildman–Crippen LogP) is 6.35. The highest BCUT2D eigenvalue weighted by Gasteiger charge is 2.36. The zero-order chi connectivity index (χ0) is 23.8. The van der Waals surface area contributed by atoms with E-state index in [0.29, 0.717) is 45.0 Å². The van der Waals surface area contributed by atoms with Crippen LogP contribution in [0.1, 0.15) is 43.4 Å². The zero-order valence-corrected chi connectivity index (χ0v) is 21.4. The van der Waals surface area contributed by atoms with E-state index in [-0.39, 0.29) is 12.4 Å². The van der Waals surface area contributed by atoms with E-state index in [1.807, 2.05) is 25.1 Å². The van der Waals surface area contributed by atoms with Crippen LogP contribution in [0.25, 0.3) is 0 Å². The molecule has 1 aliphatic heterocycles. The highest BCUT2D eigenvalue weighted by atomic mass is 79.9. The summed E-state index contributed by atoms with van der Waals surface area (Å²) in [6, 6.07) is 8.83. The molecule has 7 nitrogen and oxygen atoms in total. The lowest BCUT2D eigenvalue weighted by Crippen LogP contribution is -2.31. The minimum absolute atomic E-state index is 0.119. The molecule has 2 heterocycles. The highest BCUT2D eigenvalue weighted by Crippen LogP contribution is 2.44. The average molecular weight is 564 g/mol. The van der Waals surface area contributed by atoms with E-state index in [4.69, 9.17) is 32.7 Å². The molecule has 3 aromatic rings. The van der Waals surface area contributed by atoms with E-state index >= 15 is 0 Å². The number of nitrogens with one attached hydrogen (secondary N) is 1. The molecule has 1 atom stereocenters. The number of allylic oxidation sites excluding steroid dienone is 2. The van der Waals surface area contributed by atoms with Gasteiger partial charge in [-0.2, -0.15) is 10.1 Å². The van der Waals surface area contributed by atoms with Gasteiger partial charge in [0.25, 0.3) is 0 Å². The van der Waals surface area contributed by atoms with Crippen molar-refractivity contribution in [2.45, 2.75) is 38.8 Å². The Hall–Kier alpha value is -2.55. The van der Waals surface area contributed by atoms with E-state index in [0.717, 1.165) is 35.2 Å². The van der Waals surface area contributed by atoms with E-state index in [2.05, 4.69) is 31.3 Å². The summed E-state index contributed by atoms with van der Waals surface area (Å²) in [4.78, 5) is 17.3. The number of ether oxygens (including phenoxy) is 2. The number of nitrogens with zero attached hydrogens (tertiary/aromatic N) is 3. The van der Waals surface area contributed by atoms with Crippen LogP contribution in [0.3, 0.4) is 0 Å². The van der Waals surface area contributed by atoms with Crippen LogP contribution in [0.15, 0.2) is 52.4 Å². The summed E-state index contributed by atoms with van der Waals surface area (Å²) < 4.78 is 14.5. The number of carbonyl (C=O) groups is 1. The molecule has 2 aliphatic rings. The Kier molecular flexibility index (Phi) is 6.55. The number of Topliss-reactive ketones (excluding diaryl/α,β-unsaturated/α-hetero) is 1. The molecule has 1 aromatic heterocycles. The zero-order valence-electron chi connectivity index (χ0n) is 18.3. The van der Waals surface area contributed by atoms with Gasteiger partial charge in [-0.3, -0.25) is 4.79 Å². The van der Waals surface area contributed by atoms with Gasteiger partial charge in [-0.15, -0.1) is 0 Å². The van der Waals surface area contributed by atoms with Crippen molar-refractivity contribution in [3.05, 3.63) is 73.6 Å². The van der Waals surface area contributed by atoms with E-state index < -0.39 is 6.04 Å². The molecule has 0 spiro atoms. The summed E-state index contributed by atoms with van der Waals surface area (Å²) in [5.41, 5.74) is 3.37. The van der Waals surface area contributed by atoms with Gasteiger partial charge in [0.15, 0.2) is 17.3 Å². The Morgan fingerprint density at radius 3 is 2.82 bits per heavy atom. The normalized spacial score (nSPS) is 17.2. The van der Waals surface area contributed by atoms with Crippen molar-refractivity contribution in [3.63, 3.8) is 0 Å². The molecule has 1 unspecified atom stereocenters. The number of aromatic nitrogens is 3. The molecule has 10 heteroatoms. The van der Waals surface area contributed by atoms with Gasteiger partial charge in [0, 0.05) is 17.7 Å². The average Bonchev–Trinajstić information content (AvgIpc) is 3.28. The summed E-state index contributed by atoms with van der Waals surface area (Å²) in [6.07, 6.45) is 3.63. The first-order chi connectivity index (χ1) is 16.5. The van der Waals surface area contributed by atoms with Crippen molar-refractivity contribution in [1.82, 2.24) is 14.8 Å². The molecular formula is C24H21BrCl2N4O3. The van der Waals surface area contributed by atoms with Gasteiger partial charge < -0.3 is 14.8 Å². The van der Waals surface area contributed by atoms with Crippen molar-refractivity contribution >= 4 is 50.9 Å². The molecule has 2 aromatic carbocycles. The molecule has 1 N–H and O–H groups in total. The third kappa shape index (κ3) is 4.30. The molecule has 0 bridgehead atoms. The van der Waals surface area contributed by atoms with Gasteiger partial charge in [0.05, 0.1) is 21.1 Å². The van der Waals surface area contributed by atoms with Crippen LogP contribution in [0.5, 0.6) is 11.5 Å². The molecule has 176 valence electrons.